The summed E-state index contributed by atoms with van der Waals surface area (Å²) in [4.78, 5) is 0. The summed E-state index contributed by atoms with van der Waals surface area (Å²) in [5.41, 5.74) is 0.599. The van der Waals surface area contributed by atoms with Crippen LogP contribution in [-0.2, 0) is 6.42 Å². The summed E-state index contributed by atoms with van der Waals surface area (Å²) in [6.07, 6.45) is 0.518. The number of hydrogen-bond acceptors (Lipinski definition) is 1. The normalized spacial score (nSPS) is 12.6. The van der Waals surface area contributed by atoms with E-state index in [9.17, 15) is 4.39 Å². The molecule has 1 aromatic carbocycles. The molecule has 0 spiro atoms. The largest absolute Gasteiger partial charge is 0.494 e. The average Bonchev–Trinajstić information content (AvgIpc) is 2.08. The maximum Gasteiger partial charge on any atom is 0.168 e. The molecule has 72 valence electrons. The highest BCUT2D eigenvalue weighted by atomic mass is 35.5. The zero-order valence-electron chi connectivity index (χ0n) is 7.68. The SMILES string of the molecule is COc1cccc(CC(C)Cl)c1F. The van der Waals surface area contributed by atoms with Crippen LogP contribution >= 0.6 is 11.6 Å². The molecule has 0 aliphatic heterocycles. The van der Waals surface area contributed by atoms with Crippen molar-refractivity contribution in [3.05, 3.63) is 29.6 Å². The molecule has 1 nitrogen and oxygen atoms in total. The Morgan fingerprint density at radius 3 is 2.77 bits per heavy atom. The predicted molar refractivity (Wildman–Crippen MR) is 52.0 cm³/mol. The minimum Gasteiger partial charge on any atom is -0.494 e. The van der Waals surface area contributed by atoms with Crippen molar-refractivity contribution < 1.29 is 9.13 Å². The van der Waals surface area contributed by atoms with Gasteiger partial charge in [-0.15, -0.1) is 11.6 Å². The molecule has 0 radical (unpaired) electrons. The molecule has 0 aromatic heterocycles. The molecule has 0 N–H and O–H groups in total. The first-order valence-electron chi connectivity index (χ1n) is 4.10. The molecule has 0 amide bonds. The number of halogens is 2. The second-order valence-corrected chi connectivity index (χ2v) is 3.66. The van der Waals surface area contributed by atoms with Gasteiger partial charge >= 0.3 is 0 Å². The molecule has 0 aliphatic rings. The van der Waals surface area contributed by atoms with Crippen molar-refractivity contribution in [2.45, 2.75) is 18.7 Å². The number of benzene rings is 1. The van der Waals surface area contributed by atoms with Gasteiger partial charge in [-0.2, -0.15) is 0 Å². The van der Waals surface area contributed by atoms with Gasteiger partial charge in [0.15, 0.2) is 11.6 Å². The van der Waals surface area contributed by atoms with Crippen molar-refractivity contribution in [2.75, 3.05) is 7.11 Å². The van der Waals surface area contributed by atoms with Crippen molar-refractivity contribution >= 4 is 11.6 Å². The summed E-state index contributed by atoms with van der Waals surface area (Å²) in [5, 5.41) is -0.0680. The van der Waals surface area contributed by atoms with Crippen LogP contribution in [0.25, 0.3) is 0 Å². The minimum absolute atomic E-state index is 0.0680. The van der Waals surface area contributed by atoms with Crippen LogP contribution in [0.1, 0.15) is 12.5 Å². The van der Waals surface area contributed by atoms with Gasteiger partial charge < -0.3 is 4.74 Å². The third-order valence-corrected chi connectivity index (χ3v) is 1.92. The fourth-order valence-corrected chi connectivity index (χ4v) is 1.34. The Hall–Kier alpha value is -0.760. The van der Waals surface area contributed by atoms with Gasteiger partial charge in [0.05, 0.1) is 7.11 Å². The van der Waals surface area contributed by atoms with E-state index in [4.69, 9.17) is 16.3 Å². The standard InChI is InChI=1S/C10H12ClFO/c1-7(11)6-8-4-3-5-9(13-2)10(8)12/h3-5,7H,6H2,1-2H3. The van der Waals surface area contributed by atoms with Crippen molar-refractivity contribution in [1.82, 2.24) is 0 Å². The molecule has 1 unspecified atom stereocenters. The molecule has 1 rings (SSSR count). The zero-order chi connectivity index (χ0) is 9.84. The van der Waals surface area contributed by atoms with Gasteiger partial charge in [-0.05, 0) is 25.0 Å². The van der Waals surface area contributed by atoms with Crippen LogP contribution in [0.4, 0.5) is 4.39 Å². The van der Waals surface area contributed by atoms with E-state index in [0.29, 0.717) is 12.0 Å². The van der Waals surface area contributed by atoms with Gasteiger partial charge in [0.1, 0.15) is 0 Å². The number of ether oxygens (including phenoxy) is 1. The minimum atomic E-state index is -0.308. The molecular weight excluding hydrogens is 191 g/mol. The van der Waals surface area contributed by atoms with Crippen LogP contribution in [0.5, 0.6) is 5.75 Å². The molecule has 3 heteroatoms. The number of hydrogen-bond donors (Lipinski definition) is 0. The van der Waals surface area contributed by atoms with E-state index in [0.717, 1.165) is 0 Å². The lowest BCUT2D eigenvalue weighted by Crippen LogP contribution is -2.01. The summed E-state index contributed by atoms with van der Waals surface area (Å²) < 4.78 is 18.3. The Kier molecular flexibility index (Phi) is 3.55. The first-order chi connectivity index (χ1) is 6.15. The summed E-state index contributed by atoms with van der Waals surface area (Å²) in [5.74, 6) is -0.0349. The van der Waals surface area contributed by atoms with Crippen LogP contribution in [0.15, 0.2) is 18.2 Å². The van der Waals surface area contributed by atoms with Crippen molar-refractivity contribution in [1.29, 1.82) is 0 Å². The highest BCUT2D eigenvalue weighted by molar-refractivity contribution is 6.20. The number of alkyl halides is 1. The molecular formula is C10H12ClFO. The van der Waals surface area contributed by atoms with E-state index in [1.165, 1.54) is 7.11 Å². The summed E-state index contributed by atoms with van der Waals surface area (Å²) in [6, 6.07) is 5.07. The Morgan fingerprint density at radius 2 is 2.23 bits per heavy atom. The van der Waals surface area contributed by atoms with Gasteiger partial charge in [-0.1, -0.05) is 12.1 Å². The molecule has 0 bridgehead atoms. The van der Waals surface area contributed by atoms with E-state index in [2.05, 4.69) is 0 Å². The molecule has 1 atom stereocenters. The lowest BCUT2D eigenvalue weighted by Gasteiger charge is -2.07. The second kappa shape index (κ2) is 4.47. The van der Waals surface area contributed by atoms with Gasteiger partial charge in [-0.3, -0.25) is 0 Å². The van der Waals surface area contributed by atoms with Gasteiger partial charge in [0.2, 0.25) is 0 Å². The monoisotopic (exact) mass is 202 g/mol. The molecule has 13 heavy (non-hydrogen) atoms. The van der Waals surface area contributed by atoms with E-state index in [-0.39, 0.29) is 16.9 Å². The Bertz CT molecular complexity index is 286. The highest BCUT2D eigenvalue weighted by Gasteiger charge is 2.09. The molecule has 0 aliphatic carbocycles. The Labute approximate surface area is 82.5 Å². The summed E-state index contributed by atoms with van der Waals surface area (Å²) in [6.45, 7) is 1.83. The van der Waals surface area contributed by atoms with Crippen molar-refractivity contribution in [2.24, 2.45) is 0 Å². The topological polar surface area (TPSA) is 9.23 Å². The van der Waals surface area contributed by atoms with E-state index >= 15 is 0 Å². The van der Waals surface area contributed by atoms with Crippen LogP contribution in [0.3, 0.4) is 0 Å². The quantitative estimate of drug-likeness (QED) is 0.685. The van der Waals surface area contributed by atoms with Crippen molar-refractivity contribution in [3.8, 4) is 5.75 Å². The molecule has 0 fully saturated rings. The van der Waals surface area contributed by atoms with Crippen molar-refractivity contribution in [3.63, 3.8) is 0 Å². The van der Waals surface area contributed by atoms with Gasteiger partial charge in [0.25, 0.3) is 0 Å². The fourth-order valence-electron chi connectivity index (χ4n) is 1.17. The van der Waals surface area contributed by atoms with E-state index < -0.39 is 0 Å². The molecule has 0 heterocycles. The predicted octanol–water partition coefficient (Wildman–Crippen LogP) is 3.00. The maximum atomic E-state index is 13.4. The average molecular weight is 203 g/mol. The van der Waals surface area contributed by atoms with Crippen LogP contribution < -0.4 is 4.74 Å². The summed E-state index contributed by atoms with van der Waals surface area (Å²) in [7, 11) is 1.45. The first kappa shape index (κ1) is 10.3. The van der Waals surface area contributed by atoms with Crippen LogP contribution in [-0.4, -0.2) is 12.5 Å². The lowest BCUT2D eigenvalue weighted by atomic mass is 10.1. The highest BCUT2D eigenvalue weighted by Crippen LogP contribution is 2.21. The molecule has 1 aromatic rings. The molecule has 0 saturated heterocycles. The zero-order valence-corrected chi connectivity index (χ0v) is 8.44. The second-order valence-electron chi connectivity index (χ2n) is 2.92. The Balaban J connectivity index is 2.94. The smallest absolute Gasteiger partial charge is 0.168 e. The third kappa shape index (κ3) is 2.59. The van der Waals surface area contributed by atoms with Gasteiger partial charge in [-0.25, -0.2) is 4.39 Å². The van der Waals surface area contributed by atoms with Gasteiger partial charge in [0, 0.05) is 5.38 Å². The fraction of sp³-hybridized carbons (Fsp3) is 0.400. The first-order valence-corrected chi connectivity index (χ1v) is 4.54. The van der Waals surface area contributed by atoms with Crippen LogP contribution in [0.2, 0.25) is 0 Å². The summed E-state index contributed by atoms with van der Waals surface area (Å²) >= 11 is 5.77. The number of rotatable bonds is 3. The maximum absolute atomic E-state index is 13.4. The van der Waals surface area contributed by atoms with Crippen LogP contribution in [0, 0.1) is 5.82 Å². The number of methoxy groups -OCH3 is 1. The van der Waals surface area contributed by atoms with E-state index in [1.54, 1.807) is 18.2 Å². The van der Waals surface area contributed by atoms with E-state index in [1.807, 2.05) is 6.92 Å². The lowest BCUT2D eigenvalue weighted by molar-refractivity contribution is 0.384. The Morgan fingerprint density at radius 1 is 1.54 bits per heavy atom. The molecule has 0 saturated carbocycles. The third-order valence-electron chi connectivity index (χ3n) is 1.76.